The summed E-state index contributed by atoms with van der Waals surface area (Å²) < 4.78 is 10.7. The number of carbonyl (C=O) groups is 2. The highest BCUT2D eigenvalue weighted by molar-refractivity contribution is 5.75. The SMILES string of the molecule is CC(=O)O[C@@H]1[C@H](O)C2=C(C)C[C@H](O)C3C(C)C(=O)O[C@@H]3[C@H]2[C@]1(C)O. The molecule has 1 saturated heterocycles. The van der Waals surface area contributed by atoms with Crippen LogP contribution in [0, 0.1) is 17.8 Å². The molecule has 0 aromatic heterocycles. The minimum Gasteiger partial charge on any atom is -0.461 e. The third-order valence-electron chi connectivity index (χ3n) is 5.80. The highest BCUT2D eigenvalue weighted by Crippen LogP contribution is 2.53. The Hall–Kier alpha value is -1.44. The van der Waals surface area contributed by atoms with Gasteiger partial charge in [0.1, 0.15) is 17.8 Å². The fourth-order valence-corrected chi connectivity index (χ4v) is 4.72. The third-order valence-corrected chi connectivity index (χ3v) is 5.80. The molecule has 2 unspecified atom stereocenters. The molecule has 1 aliphatic heterocycles. The number of hydrogen-bond acceptors (Lipinski definition) is 7. The van der Waals surface area contributed by atoms with Crippen molar-refractivity contribution >= 4 is 11.9 Å². The van der Waals surface area contributed by atoms with Crippen molar-refractivity contribution in [2.45, 2.75) is 64.1 Å². The van der Waals surface area contributed by atoms with Crippen molar-refractivity contribution in [2.24, 2.45) is 17.8 Å². The Bertz CT molecular complexity index is 608. The fourth-order valence-electron chi connectivity index (χ4n) is 4.72. The van der Waals surface area contributed by atoms with Gasteiger partial charge in [-0.3, -0.25) is 9.59 Å². The van der Waals surface area contributed by atoms with Crippen LogP contribution in [-0.2, 0) is 19.1 Å². The van der Waals surface area contributed by atoms with E-state index in [1.807, 2.05) is 0 Å². The van der Waals surface area contributed by atoms with Crippen molar-refractivity contribution in [2.75, 3.05) is 0 Å². The Morgan fingerprint density at radius 3 is 2.58 bits per heavy atom. The molecule has 1 saturated carbocycles. The number of aliphatic hydroxyl groups excluding tert-OH is 2. The van der Waals surface area contributed by atoms with Crippen LogP contribution in [0.2, 0.25) is 0 Å². The molecule has 7 heteroatoms. The zero-order chi connectivity index (χ0) is 18.0. The van der Waals surface area contributed by atoms with E-state index in [4.69, 9.17) is 9.47 Å². The van der Waals surface area contributed by atoms with Crippen LogP contribution in [0.15, 0.2) is 11.1 Å². The smallest absolute Gasteiger partial charge is 0.309 e. The van der Waals surface area contributed by atoms with E-state index < -0.39 is 59.7 Å². The lowest BCUT2D eigenvalue weighted by molar-refractivity contribution is -0.174. The molecule has 2 fully saturated rings. The van der Waals surface area contributed by atoms with Crippen molar-refractivity contribution in [3.8, 4) is 0 Å². The average molecular weight is 340 g/mol. The maximum atomic E-state index is 12.0. The topological polar surface area (TPSA) is 113 Å². The van der Waals surface area contributed by atoms with Gasteiger partial charge in [0.2, 0.25) is 0 Å². The van der Waals surface area contributed by atoms with E-state index in [0.29, 0.717) is 5.57 Å². The Morgan fingerprint density at radius 1 is 1.38 bits per heavy atom. The summed E-state index contributed by atoms with van der Waals surface area (Å²) in [6.45, 7) is 6.15. The summed E-state index contributed by atoms with van der Waals surface area (Å²) in [5, 5.41) is 32.3. The largest absolute Gasteiger partial charge is 0.461 e. The molecule has 2 aliphatic carbocycles. The molecule has 3 N–H and O–H groups in total. The van der Waals surface area contributed by atoms with E-state index in [0.717, 1.165) is 5.57 Å². The van der Waals surface area contributed by atoms with Gasteiger partial charge in [-0.25, -0.2) is 0 Å². The van der Waals surface area contributed by atoms with Crippen molar-refractivity contribution in [3.63, 3.8) is 0 Å². The molecule has 0 aromatic rings. The van der Waals surface area contributed by atoms with Crippen LogP contribution in [0.25, 0.3) is 0 Å². The van der Waals surface area contributed by atoms with Gasteiger partial charge in [0.05, 0.1) is 17.9 Å². The highest BCUT2D eigenvalue weighted by Gasteiger charge is 2.65. The number of rotatable bonds is 1. The lowest BCUT2D eigenvalue weighted by Gasteiger charge is -2.35. The summed E-state index contributed by atoms with van der Waals surface area (Å²) >= 11 is 0. The van der Waals surface area contributed by atoms with E-state index in [9.17, 15) is 24.9 Å². The molecule has 3 aliphatic rings. The third kappa shape index (κ3) is 2.29. The molecule has 24 heavy (non-hydrogen) atoms. The van der Waals surface area contributed by atoms with Gasteiger partial charge in [0, 0.05) is 12.8 Å². The molecule has 8 atom stereocenters. The first-order chi connectivity index (χ1) is 11.1. The monoisotopic (exact) mass is 340 g/mol. The minimum absolute atomic E-state index is 0.272. The first-order valence-corrected chi connectivity index (χ1v) is 8.23. The lowest BCUT2D eigenvalue weighted by Crippen LogP contribution is -2.50. The van der Waals surface area contributed by atoms with Crippen LogP contribution < -0.4 is 0 Å². The molecular weight excluding hydrogens is 316 g/mol. The van der Waals surface area contributed by atoms with Crippen molar-refractivity contribution in [1.29, 1.82) is 0 Å². The van der Waals surface area contributed by atoms with Gasteiger partial charge in [-0.15, -0.1) is 0 Å². The van der Waals surface area contributed by atoms with E-state index in [-0.39, 0.29) is 6.42 Å². The summed E-state index contributed by atoms with van der Waals surface area (Å²) in [6.07, 6.45) is -3.64. The van der Waals surface area contributed by atoms with Gasteiger partial charge in [-0.05, 0) is 25.8 Å². The van der Waals surface area contributed by atoms with Crippen LogP contribution >= 0.6 is 0 Å². The van der Waals surface area contributed by atoms with Gasteiger partial charge in [0.25, 0.3) is 0 Å². The maximum absolute atomic E-state index is 12.0. The zero-order valence-electron chi connectivity index (χ0n) is 14.2. The van der Waals surface area contributed by atoms with Crippen LogP contribution in [0.1, 0.15) is 34.1 Å². The highest BCUT2D eigenvalue weighted by atomic mass is 16.6. The number of carbonyl (C=O) groups excluding carboxylic acids is 2. The standard InChI is InChI=1S/C17H24O7/c1-6-5-9(19)11-7(2)16(21)24-14(11)12-10(6)13(20)15(17(12,4)22)23-8(3)18/h7,9,11-15,19-20,22H,5H2,1-4H3/t7?,9-,11?,12-,13+,14-,15+,17-/m0/s1. The molecule has 7 nitrogen and oxygen atoms in total. The molecule has 1 heterocycles. The molecular formula is C17H24O7. The second-order valence-electron chi connectivity index (χ2n) is 7.45. The van der Waals surface area contributed by atoms with E-state index in [2.05, 4.69) is 0 Å². The van der Waals surface area contributed by atoms with Crippen LogP contribution in [0.5, 0.6) is 0 Å². The number of fused-ring (bicyclic) bond motifs is 3. The van der Waals surface area contributed by atoms with Crippen molar-refractivity contribution in [3.05, 3.63) is 11.1 Å². The Kier molecular flexibility index (Phi) is 4.01. The van der Waals surface area contributed by atoms with Crippen LogP contribution in [0.4, 0.5) is 0 Å². The second-order valence-corrected chi connectivity index (χ2v) is 7.45. The Morgan fingerprint density at radius 2 is 2.00 bits per heavy atom. The molecule has 0 bridgehead atoms. The second kappa shape index (κ2) is 5.54. The maximum Gasteiger partial charge on any atom is 0.309 e. The average Bonchev–Trinajstić information content (AvgIpc) is 2.79. The quantitative estimate of drug-likeness (QED) is 0.452. The molecule has 0 radical (unpaired) electrons. The first kappa shape index (κ1) is 17.4. The first-order valence-electron chi connectivity index (χ1n) is 8.23. The normalized spacial score (nSPS) is 47.8. The van der Waals surface area contributed by atoms with E-state index in [1.165, 1.54) is 13.8 Å². The van der Waals surface area contributed by atoms with Gasteiger partial charge in [0.15, 0.2) is 6.10 Å². The molecule has 3 rings (SSSR count). The summed E-state index contributed by atoms with van der Waals surface area (Å²) in [5.41, 5.74) is -0.383. The number of aliphatic hydroxyl groups is 3. The lowest BCUT2D eigenvalue weighted by atomic mass is 9.76. The van der Waals surface area contributed by atoms with Crippen molar-refractivity contribution in [1.82, 2.24) is 0 Å². The van der Waals surface area contributed by atoms with Gasteiger partial charge in [-0.2, -0.15) is 0 Å². The molecule has 0 amide bonds. The minimum atomic E-state index is -1.61. The van der Waals surface area contributed by atoms with Crippen LogP contribution in [0.3, 0.4) is 0 Å². The summed E-state index contributed by atoms with van der Waals surface area (Å²) in [7, 11) is 0. The van der Waals surface area contributed by atoms with Gasteiger partial charge >= 0.3 is 11.9 Å². The number of ether oxygens (including phenoxy) is 2. The number of esters is 2. The summed E-state index contributed by atoms with van der Waals surface area (Å²) in [4.78, 5) is 23.4. The number of hydrogen-bond donors (Lipinski definition) is 3. The molecule has 0 aromatic carbocycles. The summed E-state index contributed by atoms with van der Waals surface area (Å²) in [5.74, 6) is -2.75. The predicted octanol–water partition coefficient (Wildman–Crippen LogP) is -0.0814. The Labute approximate surface area is 140 Å². The van der Waals surface area contributed by atoms with Crippen molar-refractivity contribution < 1.29 is 34.4 Å². The van der Waals surface area contributed by atoms with Crippen LogP contribution in [-0.4, -0.2) is 57.3 Å². The molecule has 0 spiro atoms. The zero-order valence-corrected chi connectivity index (χ0v) is 14.2. The van der Waals surface area contributed by atoms with E-state index >= 15 is 0 Å². The Balaban J connectivity index is 2.11. The fraction of sp³-hybridized carbons (Fsp3) is 0.765. The predicted molar refractivity (Wildman–Crippen MR) is 81.5 cm³/mol. The van der Waals surface area contributed by atoms with Gasteiger partial charge < -0.3 is 24.8 Å². The van der Waals surface area contributed by atoms with E-state index in [1.54, 1.807) is 13.8 Å². The van der Waals surface area contributed by atoms with Gasteiger partial charge in [-0.1, -0.05) is 12.5 Å². The molecule has 134 valence electrons. The summed E-state index contributed by atoms with van der Waals surface area (Å²) in [6, 6.07) is 0.